The zero-order valence-corrected chi connectivity index (χ0v) is 22.3. The molecule has 9 nitrogen and oxygen atoms in total. The zero-order valence-electron chi connectivity index (χ0n) is 21.5. The number of carbonyl (C=O) groups excluding carboxylic acids is 1. The molecule has 11 heteroatoms. The van der Waals surface area contributed by atoms with Gasteiger partial charge < -0.3 is 29.9 Å². The van der Waals surface area contributed by atoms with Gasteiger partial charge >= 0.3 is 6.03 Å². The van der Waals surface area contributed by atoms with Crippen molar-refractivity contribution in [3.63, 3.8) is 0 Å². The Balaban J connectivity index is 1.30. The van der Waals surface area contributed by atoms with Crippen LogP contribution in [-0.2, 0) is 0 Å². The molecule has 1 aliphatic heterocycles. The first-order valence-corrected chi connectivity index (χ1v) is 13.2. The van der Waals surface area contributed by atoms with Gasteiger partial charge in [0.1, 0.15) is 12.1 Å². The lowest BCUT2D eigenvalue weighted by molar-refractivity contribution is 0.0920. The van der Waals surface area contributed by atoms with E-state index in [0.717, 1.165) is 51.9 Å². The van der Waals surface area contributed by atoms with Crippen LogP contribution >= 0.6 is 11.6 Å². The van der Waals surface area contributed by atoms with E-state index in [2.05, 4.69) is 20.6 Å². The number of amides is 2. The van der Waals surface area contributed by atoms with Gasteiger partial charge in [-0.25, -0.2) is 19.2 Å². The molecule has 1 aromatic heterocycles. The summed E-state index contributed by atoms with van der Waals surface area (Å²) in [6, 6.07) is 8.65. The fourth-order valence-corrected chi connectivity index (χ4v) is 5.28. The van der Waals surface area contributed by atoms with Crippen LogP contribution in [0.5, 0.6) is 11.5 Å². The number of methoxy groups -OCH3 is 1. The smallest absolute Gasteiger partial charge is 0.320 e. The summed E-state index contributed by atoms with van der Waals surface area (Å²) in [7, 11) is 3.49. The van der Waals surface area contributed by atoms with Gasteiger partial charge in [-0.2, -0.15) is 0 Å². The predicted molar refractivity (Wildman–Crippen MR) is 145 cm³/mol. The first-order chi connectivity index (χ1) is 18.4. The molecular formula is C27H32ClFN6O3. The first kappa shape index (κ1) is 26.2. The SMILES string of the molecule is COc1cc2ncnc(Nc3cccc(Cl)c3F)c2cc1OC1CCC(N(C)C(=O)N2CCNCC2)CC1. The van der Waals surface area contributed by atoms with Crippen LogP contribution in [0.15, 0.2) is 36.7 Å². The molecule has 2 amide bonds. The number of benzene rings is 2. The molecule has 2 aromatic carbocycles. The van der Waals surface area contributed by atoms with Crippen LogP contribution in [0.3, 0.4) is 0 Å². The number of ether oxygens (including phenoxy) is 2. The Bertz CT molecular complexity index is 1300. The summed E-state index contributed by atoms with van der Waals surface area (Å²) < 4.78 is 26.5. The largest absolute Gasteiger partial charge is 0.493 e. The number of nitrogens with one attached hydrogen (secondary N) is 2. The fraction of sp³-hybridized carbons (Fsp3) is 0.444. The summed E-state index contributed by atoms with van der Waals surface area (Å²) >= 11 is 5.95. The second-order valence-electron chi connectivity index (χ2n) is 9.65. The Morgan fingerprint density at radius 3 is 2.66 bits per heavy atom. The Hall–Kier alpha value is -3.37. The van der Waals surface area contributed by atoms with Gasteiger partial charge in [-0.1, -0.05) is 17.7 Å². The molecule has 2 fully saturated rings. The Kier molecular flexibility index (Phi) is 7.99. The van der Waals surface area contributed by atoms with Crippen LogP contribution in [0.4, 0.5) is 20.7 Å². The van der Waals surface area contributed by atoms with Crippen molar-refractivity contribution in [1.82, 2.24) is 25.1 Å². The highest BCUT2D eigenvalue weighted by atomic mass is 35.5. The number of nitrogens with zero attached hydrogens (tertiary/aromatic N) is 4. The third-order valence-electron chi connectivity index (χ3n) is 7.30. The van der Waals surface area contributed by atoms with Crippen molar-refractivity contribution in [3.8, 4) is 11.5 Å². The highest BCUT2D eigenvalue weighted by Gasteiger charge is 2.30. The summed E-state index contributed by atoms with van der Waals surface area (Å²) in [6.45, 7) is 3.16. The second-order valence-corrected chi connectivity index (χ2v) is 10.1. The lowest BCUT2D eigenvalue weighted by Gasteiger charge is -2.38. The molecule has 1 saturated heterocycles. The molecule has 2 heterocycles. The average Bonchev–Trinajstić information content (AvgIpc) is 2.95. The van der Waals surface area contributed by atoms with Crippen molar-refractivity contribution in [2.75, 3.05) is 45.7 Å². The summed E-state index contributed by atoms with van der Waals surface area (Å²) in [5, 5.41) is 7.00. The van der Waals surface area contributed by atoms with Gasteiger partial charge in [0.15, 0.2) is 17.3 Å². The standard InChI is InChI=1S/C27H32ClFN6O3/c1-34(27(36)35-12-10-30-11-13-35)17-6-8-18(9-7-17)38-24-14-19-22(15-23(24)37-2)31-16-32-26(19)33-21-5-3-4-20(28)25(21)29/h3-5,14-18,30H,6-13H2,1-2H3,(H,31,32,33). The van der Waals surface area contributed by atoms with E-state index in [-0.39, 0.29) is 28.9 Å². The van der Waals surface area contributed by atoms with Gasteiger partial charge in [0, 0.05) is 50.7 Å². The summed E-state index contributed by atoms with van der Waals surface area (Å²) in [6.07, 6.45) is 4.74. The van der Waals surface area contributed by atoms with E-state index in [1.807, 2.05) is 22.9 Å². The maximum absolute atomic E-state index is 14.5. The Morgan fingerprint density at radius 1 is 1.16 bits per heavy atom. The monoisotopic (exact) mass is 542 g/mol. The summed E-state index contributed by atoms with van der Waals surface area (Å²) in [4.78, 5) is 25.4. The maximum atomic E-state index is 14.5. The lowest BCUT2D eigenvalue weighted by Crippen LogP contribution is -2.53. The number of hydrogen-bond acceptors (Lipinski definition) is 7. The van der Waals surface area contributed by atoms with Crippen molar-refractivity contribution in [1.29, 1.82) is 0 Å². The molecule has 0 spiro atoms. The molecular weight excluding hydrogens is 511 g/mol. The molecule has 1 aliphatic carbocycles. The lowest BCUT2D eigenvalue weighted by atomic mass is 9.92. The third kappa shape index (κ3) is 5.56. The molecule has 0 bridgehead atoms. The van der Waals surface area contributed by atoms with E-state index < -0.39 is 5.82 Å². The van der Waals surface area contributed by atoms with Gasteiger partial charge in [0.05, 0.1) is 29.4 Å². The topological polar surface area (TPSA) is 91.9 Å². The molecule has 0 atom stereocenters. The predicted octanol–water partition coefficient (Wildman–Crippen LogP) is 4.82. The first-order valence-electron chi connectivity index (χ1n) is 12.9. The number of urea groups is 1. The van der Waals surface area contributed by atoms with Gasteiger partial charge in [-0.15, -0.1) is 0 Å². The van der Waals surface area contributed by atoms with Crippen LogP contribution in [0.25, 0.3) is 10.9 Å². The van der Waals surface area contributed by atoms with Crippen LogP contribution in [0.1, 0.15) is 25.7 Å². The third-order valence-corrected chi connectivity index (χ3v) is 7.59. The van der Waals surface area contributed by atoms with Gasteiger partial charge in [-0.3, -0.25) is 0 Å². The normalized spacial score (nSPS) is 19.7. The van der Waals surface area contributed by atoms with E-state index in [9.17, 15) is 9.18 Å². The Morgan fingerprint density at radius 2 is 1.92 bits per heavy atom. The summed E-state index contributed by atoms with van der Waals surface area (Å²) in [5.74, 6) is 1.01. The van der Waals surface area contributed by atoms with Crippen molar-refractivity contribution < 1.29 is 18.7 Å². The molecule has 38 heavy (non-hydrogen) atoms. The van der Waals surface area contributed by atoms with Crippen molar-refractivity contribution in [2.24, 2.45) is 0 Å². The summed E-state index contributed by atoms with van der Waals surface area (Å²) in [5.41, 5.74) is 0.847. The van der Waals surface area contributed by atoms with E-state index in [1.165, 1.54) is 12.4 Å². The average molecular weight is 543 g/mol. The number of fused-ring (bicyclic) bond motifs is 1. The number of hydrogen-bond donors (Lipinski definition) is 2. The number of carbonyl (C=O) groups is 1. The maximum Gasteiger partial charge on any atom is 0.320 e. The number of aromatic nitrogens is 2. The quantitative estimate of drug-likeness (QED) is 0.461. The van der Waals surface area contributed by atoms with Crippen LogP contribution in [0, 0.1) is 5.82 Å². The van der Waals surface area contributed by atoms with E-state index in [4.69, 9.17) is 21.1 Å². The molecule has 0 unspecified atom stereocenters. The highest BCUT2D eigenvalue weighted by molar-refractivity contribution is 6.31. The van der Waals surface area contributed by atoms with Crippen molar-refractivity contribution in [2.45, 2.75) is 37.8 Å². The molecule has 2 aliphatic rings. The van der Waals surface area contributed by atoms with Gasteiger partial charge in [-0.05, 0) is 43.9 Å². The van der Waals surface area contributed by atoms with E-state index in [1.54, 1.807) is 25.3 Å². The molecule has 5 rings (SSSR count). The number of halogens is 2. The number of anilines is 2. The minimum Gasteiger partial charge on any atom is -0.493 e. The van der Waals surface area contributed by atoms with E-state index >= 15 is 0 Å². The number of rotatable bonds is 6. The van der Waals surface area contributed by atoms with Crippen molar-refractivity contribution >= 4 is 40.0 Å². The van der Waals surface area contributed by atoms with Gasteiger partial charge in [0.2, 0.25) is 0 Å². The van der Waals surface area contributed by atoms with Crippen LogP contribution < -0.4 is 20.1 Å². The zero-order chi connectivity index (χ0) is 26.6. The highest BCUT2D eigenvalue weighted by Crippen LogP contribution is 2.37. The van der Waals surface area contributed by atoms with Crippen molar-refractivity contribution in [3.05, 3.63) is 47.5 Å². The van der Waals surface area contributed by atoms with Crippen LogP contribution in [0.2, 0.25) is 5.02 Å². The fourth-order valence-electron chi connectivity index (χ4n) is 5.11. The number of piperazine rings is 1. The molecule has 1 saturated carbocycles. The molecule has 0 radical (unpaired) electrons. The molecule has 2 N–H and O–H groups in total. The minimum absolute atomic E-state index is 0.0216. The second kappa shape index (κ2) is 11.6. The molecule has 3 aromatic rings. The minimum atomic E-state index is -0.553. The Labute approximate surface area is 226 Å². The van der Waals surface area contributed by atoms with E-state index in [0.29, 0.717) is 28.2 Å². The molecule has 202 valence electrons. The van der Waals surface area contributed by atoms with Gasteiger partial charge in [0.25, 0.3) is 0 Å². The van der Waals surface area contributed by atoms with Crippen LogP contribution in [-0.4, -0.2) is 78.3 Å².